The van der Waals surface area contributed by atoms with Crippen molar-refractivity contribution in [2.24, 2.45) is 5.73 Å². The Bertz CT molecular complexity index is 895. The number of aromatic nitrogens is 3. The lowest BCUT2D eigenvalue weighted by Gasteiger charge is -2.13. The van der Waals surface area contributed by atoms with Crippen LogP contribution < -0.4 is 11.3 Å². The highest BCUT2D eigenvalue weighted by Gasteiger charge is 2.16. The third-order valence-electron chi connectivity index (χ3n) is 3.27. The zero-order valence-corrected chi connectivity index (χ0v) is 12.2. The van der Waals surface area contributed by atoms with Crippen LogP contribution in [0, 0.1) is 5.82 Å². The second-order valence-corrected chi connectivity index (χ2v) is 5.05. The van der Waals surface area contributed by atoms with Crippen molar-refractivity contribution in [1.29, 1.82) is 0 Å². The van der Waals surface area contributed by atoms with E-state index in [-0.39, 0.29) is 10.4 Å². The highest BCUT2D eigenvalue weighted by Crippen LogP contribution is 2.23. The molecule has 0 atom stereocenters. The normalized spacial score (nSPS) is 11.0. The van der Waals surface area contributed by atoms with E-state index >= 15 is 0 Å². The van der Waals surface area contributed by atoms with Gasteiger partial charge in [-0.05, 0) is 30.8 Å². The first kappa shape index (κ1) is 14.6. The number of fused-ring (bicyclic) bond motifs is 1. The number of hydrogen-bond donors (Lipinski definition) is 1. The maximum Gasteiger partial charge on any atom is 0.267 e. The van der Waals surface area contributed by atoms with E-state index in [0.717, 1.165) is 0 Å². The Balaban J connectivity index is 2.43. The maximum absolute atomic E-state index is 13.7. The third kappa shape index (κ3) is 2.36. The molecule has 7 heteroatoms. The van der Waals surface area contributed by atoms with Crippen LogP contribution in [-0.2, 0) is 6.42 Å². The Kier molecular flexibility index (Phi) is 3.87. The van der Waals surface area contributed by atoms with Crippen molar-refractivity contribution >= 4 is 22.5 Å². The van der Waals surface area contributed by atoms with Gasteiger partial charge in [0, 0.05) is 12.6 Å². The van der Waals surface area contributed by atoms with Gasteiger partial charge in [0.25, 0.3) is 5.56 Å². The van der Waals surface area contributed by atoms with E-state index in [4.69, 9.17) is 17.3 Å². The van der Waals surface area contributed by atoms with E-state index in [9.17, 15) is 9.18 Å². The number of nitrogens with zero attached hydrogens (tertiary/aromatic N) is 3. The number of benzene rings is 1. The fraction of sp³-hybridized carbons (Fsp3) is 0.133. The Morgan fingerprint density at radius 3 is 2.82 bits per heavy atom. The van der Waals surface area contributed by atoms with Crippen LogP contribution in [0.5, 0.6) is 0 Å². The summed E-state index contributed by atoms with van der Waals surface area (Å²) in [5, 5.41) is -0.182. The predicted molar refractivity (Wildman–Crippen MR) is 82.9 cm³/mol. The summed E-state index contributed by atoms with van der Waals surface area (Å²) in [6, 6.07) is 6.05. The van der Waals surface area contributed by atoms with E-state index < -0.39 is 11.4 Å². The molecule has 0 bridgehead atoms. The Hall–Kier alpha value is -2.31. The Labute approximate surface area is 130 Å². The van der Waals surface area contributed by atoms with Crippen LogP contribution in [0.15, 0.2) is 41.5 Å². The van der Waals surface area contributed by atoms with Gasteiger partial charge in [-0.1, -0.05) is 11.6 Å². The quantitative estimate of drug-likeness (QED) is 0.802. The number of halogens is 2. The standard InChI is InChI=1S/C15H12ClFN4O/c16-14-10(17)3-4-11-13(14)15(22)21(12(20-11)5-6-18)9-2-1-7-19-8-9/h1-4,7-8H,5-6,18H2. The minimum absolute atomic E-state index is 0.0475. The topological polar surface area (TPSA) is 73.8 Å². The van der Waals surface area contributed by atoms with Crippen LogP contribution in [0.4, 0.5) is 4.39 Å². The molecule has 0 fully saturated rings. The van der Waals surface area contributed by atoms with Gasteiger partial charge in [-0.25, -0.2) is 9.37 Å². The molecule has 3 aromatic rings. The highest BCUT2D eigenvalue weighted by molar-refractivity contribution is 6.35. The molecule has 2 N–H and O–H groups in total. The molecule has 0 saturated heterocycles. The second-order valence-electron chi connectivity index (χ2n) is 4.67. The number of nitrogens with two attached hydrogens (primary N) is 1. The van der Waals surface area contributed by atoms with Crippen LogP contribution in [0.1, 0.15) is 5.82 Å². The van der Waals surface area contributed by atoms with Crippen molar-refractivity contribution in [3.8, 4) is 5.69 Å². The van der Waals surface area contributed by atoms with Crippen LogP contribution in [0.3, 0.4) is 0 Å². The van der Waals surface area contributed by atoms with Crippen LogP contribution in [-0.4, -0.2) is 21.1 Å². The average Bonchev–Trinajstić information content (AvgIpc) is 2.52. The average molecular weight is 319 g/mol. The molecular weight excluding hydrogens is 307 g/mol. The van der Waals surface area contributed by atoms with Gasteiger partial charge in [-0.2, -0.15) is 0 Å². The van der Waals surface area contributed by atoms with E-state index in [0.29, 0.717) is 30.0 Å². The van der Waals surface area contributed by atoms with Crippen molar-refractivity contribution < 1.29 is 4.39 Å². The summed E-state index contributed by atoms with van der Waals surface area (Å²) in [6.07, 6.45) is 3.52. The van der Waals surface area contributed by atoms with Crippen molar-refractivity contribution in [3.05, 3.63) is 63.7 Å². The lowest BCUT2D eigenvalue weighted by Crippen LogP contribution is -2.26. The molecule has 0 aliphatic carbocycles. The molecule has 2 aromatic heterocycles. The highest BCUT2D eigenvalue weighted by atomic mass is 35.5. The van der Waals surface area contributed by atoms with Crippen molar-refractivity contribution in [3.63, 3.8) is 0 Å². The number of hydrogen-bond acceptors (Lipinski definition) is 4. The smallest absolute Gasteiger partial charge is 0.267 e. The molecule has 22 heavy (non-hydrogen) atoms. The molecule has 112 valence electrons. The molecule has 0 aliphatic rings. The molecule has 2 heterocycles. The van der Waals surface area contributed by atoms with Gasteiger partial charge >= 0.3 is 0 Å². The van der Waals surface area contributed by atoms with Crippen LogP contribution >= 0.6 is 11.6 Å². The van der Waals surface area contributed by atoms with Gasteiger partial charge in [-0.3, -0.25) is 14.3 Å². The summed E-state index contributed by atoms with van der Waals surface area (Å²) in [6.45, 7) is 0.327. The second kappa shape index (κ2) is 5.82. The minimum Gasteiger partial charge on any atom is -0.330 e. The van der Waals surface area contributed by atoms with Gasteiger partial charge in [0.2, 0.25) is 0 Å². The predicted octanol–water partition coefficient (Wildman–Crippen LogP) is 2.07. The van der Waals surface area contributed by atoms with Gasteiger partial charge in [0.15, 0.2) is 0 Å². The summed E-state index contributed by atoms with van der Waals surface area (Å²) >= 11 is 5.95. The summed E-state index contributed by atoms with van der Waals surface area (Å²) in [5.74, 6) is -0.173. The van der Waals surface area contributed by atoms with Crippen LogP contribution in [0.2, 0.25) is 5.02 Å². The summed E-state index contributed by atoms with van der Waals surface area (Å²) < 4.78 is 15.0. The lowest BCUT2D eigenvalue weighted by molar-refractivity contribution is 0.629. The summed E-state index contributed by atoms with van der Waals surface area (Å²) in [7, 11) is 0. The maximum atomic E-state index is 13.7. The molecular formula is C15H12ClFN4O. The summed E-state index contributed by atoms with van der Waals surface area (Å²) in [5.41, 5.74) is 6.04. The van der Waals surface area contributed by atoms with Gasteiger partial charge in [0.1, 0.15) is 11.6 Å². The van der Waals surface area contributed by atoms with Crippen molar-refractivity contribution in [2.75, 3.05) is 6.54 Å². The Morgan fingerprint density at radius 1 is 1.32 bits per heavy atom. The monoisotopic (exact) mass is 318 g/mol. The van der Waals surface area contributed by atoms with Crippen LogP contribution in [0.25, 0.3) is 16.6 Å². The van der Waals surface area contributed by atoms with E-state index in [1.54, 1.807) is 18.3 Å². The van der Waals surface area contributed by atoms with E-state index in [1.165, 1.54) is 22.9 Å². The molecule has 0 unspecified atom stereocenters. The molecule has 0 amide bonds. The third-order valence-corrected chi connectivity index (χ3v) is 3.64. The number of rotatable bonds is 3. The molecule has 0 aliphatic heterocycles. The van der Waals surface area contributed by atoms with Gasteiger partial charge in [0.05, 0.1) is 27.8 Å². The first-order valence-corrected chi connectivity index (χ1v) is 7.01. The van der Waals surface area contributed by atoms with Gasteiger partial charge in [-0.15, -0.1) is 0 Å². The molecule has 3 rings (SSSR count). The van der Waals surface area contributed by atoms with Crippen molar-refractivity contribution in [1.82, 2.24) is 14.5 Å². The van der Waals surface area contributed by atoms with Crippen molar-refractivity contribution in [2.45, 2.75) is 6.42 Å². The SMILES string of the molecule is NCCc1nc2ccc(F)c(Cl)c2c(=O)n1-c1cccnc1. The fourth-order valence-corrected chi connectivity index (χ4v) is 2.54. The van der Waals surface area contributed by atoms with E-state index in [1.807, 2.05) is 0 Å². The largest absolute Gasteiger partial charge is 0.330 e. The minimum atomic E-state index is -0.655. The molecule has 1 aromatic carbocycles. The lowest BCUT2D eigenvalue weighted by atomic mass is 10.2. The zero-order chi connectivity index (χ0) is 15.7. The Morgan fingerprint density at radius 2 is 2.14 bits per heavy atom. The first-order chi connectivity index (χ1) is 10.6. The first-order valence-electron chi connectivity index (χ1n) is 6.63. The summed E-state index contributed by atoms with van der Waals surface area (Å²) in [4.78, 5) is 21.2. The molecule has 0 saturated carbocycles. The van der Waals surface area contributed by atoms with E-state index in [2.05, 4.69) is 9.97 Å². The number of pyridine rings is 1. The molecule has 5 nitrogen and oxygen atoms in total. The van der Waals surface area contributed by atoms with Gasteiger partial charge < -0.3 is 5.73 Å². The molecule has 0 radical (unpaired) electrons. The fourth-order valence-electron chi connectivity index (χ4n) is 2.30. The zero-order valence-electron chi connectivity index (χ0n) is 11.5. The molecule has 0 spiro atoms.